The number of rotatable bonds is 7. The van der Waals surface area contributed by atoms with Crippen molar-refractivity contribution < 1.29 is 18.7 Å². The third-order valence-corrected chi connectivity index (χ3v) is 10.8. The highest BCUT2D eigenvalue weighted by molar-refractivity contribution is 6.35. The van der Waals surface area contributed by atoms with Gasteiger partial charge in [-0.1, -0.05) is 61.4 Å². The first kappa shape index (κ1) is 31.8. The molecule has 0 bridgehead atoms. The fourth-order valence-electron chi connectivity index (χ4n) is 8.07. The van der Waals surface area contributed by atoms with Crippen LogP contribution in [0.3, 0.4) is 0 Å². The molecular weight excluding hydrogens is 619 g/mol. The van der Waals surface area contributed by atoms with Crippen LogP contribution in [-0.4, -0.2) is 76.6 Å². The van der Waals surface area contributed by atoms with Gasteiger partial charge in [-0.15, -0.1) is 0 Å². The van der Waals surface area contributed by atoms with E-state index in [1.807, 2.05) is 30.3 Å². The first-order chi connectivity index (χ1) is 22.9. The Kier molecular flexibility index (Phi) is 9.05. The molecule has 0 aliphatic carbocycles. The number of amides is 1. The summed E-state index contributed by atoms with van der Waals surface area (Å²) in [5.74, 6) is -1.12. The number of hydrogen-bond donors (Lipinski definition) is 0. The lowest BCUT2D eigenvalue weighted by Gasteiger charge is -2.49. The minimum absolute atomic E-state index is 0.0000843. The molecule has 1 unspecified atom stereocenters. The zero-order chi connectivity index (χ0) is 32.5. The molecule has 3 saturated heterocycles. The van der Waals surface area contributed by atoms with Crippen molar-refractivity contribution >= 4 is 34.1 Å². The van der Waals surface area contributed by atoms with E-state index in [2.05, 4.69) is 28.5 Å². The maximum atomic E-state index is 13.9. The second-order valence-corrected chi connectivity index (χ2v) is 13.6. The van der Waals surface area contributed by atoms with E-state index in [0.29, 0.717) is 43.0 Å². The summed E-state index contributed by atoms with van der Waals surface area (Å²) in [6, 6.07) is 14.0. The van der Waals surface area contributed by atoms with Crippen molar-refractivity contribution in [3.8, 4) is 12.1 Å². The highest BCUT2D eigenvalue weighted by Gasteiger charge is 2.42. The van der Waals surface area contributed by atoms with Gasteiger partial charge in [-0.3, -0.25) is 9.69 Å². The van der Waals surface area contributed by atoms with Crippen LogP contribution in [0.2, 0.25) is 5.02 Å². The maximum Gasteiger partial charge on any atom is 0.318 e. The van der Waals surface area contributed by atoms with Crippen LogP contribution in [0.1, 0.15) is 67.9 Å². The van der Waals surface area contributed by atoms with Crippen LogP contribution in [-0.2, 0) is 22.6 Å². The van der Waals surface area contributed by atoms with Crippen molar-refractivity contribution in [1.82, 2.24) is 19.8 Å². The molecule has 246 valence electrons. The van der Waals surface area contributed by atoms with Crippen molar-refractivity contribution in [1.29, 1.82) is 5.26 Å². The summed E-state index contributed by atoms with van der Waals surface area (Å²) in [6.07, 6.45) is 7.32. The highest BCUT2D eigenvalue weighted by Crippen LogP contribution is 2.41. The van der Waals surface area contributed by atoms with Crippen molar-refractivity contribution in [2.75, 3.05) is 44.2 Å². The number of piperazine rings is 1. The van der Waals surface area contributed by atoms with Crippen molar-refractivity contribution in [2.24, 2.45) is 0 Å². The fourth-order valence-corrected chi connectivity index (χ4v) is 8.36. The Morgan fingerprint density at radius 2 is 1.87 bits per heavy atom. The number of fused-ring (bicyclic) bond motifs is 3. The number of piperidine rings is 2. The average molecular weight is 659 g/mol. The van der Waals surface area contributed by atoms with E-state index in [9.17, 15) is 14.4 Å². The monoisotopic (exact) mass is 658 g/mol. The number of ether oxygens (including phenoxy) is 2. The minimum atomic E-state index is -1.02. The molecule has 47 heavy (non-hydrogen) atoms. The van der Waals surface area contributed by atoms with E-state index in [1.54, 1.807) is 0 Å². The highest BCUT2D eigenvalue weighted by atomic mass is 35.5. The van der Waals surface area contributed by atoms with Crippen LogP contribution in [0.15, 0.2) is 48.8 Å². The molecule has 2 aromatic carbocycles. The molecule has 2 atom stereocenters. The predicted molar refractivity (Wildman–Crippen MR) is 178 cm³/mol. The fraction of sp³-hybridized carbons (Fsp3) is 0.500. The zero-order valence-electron chi connectivity index (χ0n) is 26.6. The van der Waals surface area contributed by atoms with Gasteiger partial charge in [-0.2, -0.15) is 15.2 Å². The maximum absolute atomic E-state index is 13.9. The lowest BCUT2D eigenvalue weighted by molar-refractivity contribution is -0.131. The molecule has 1 amide bonds. The average Bonchev–Trinajstić information content (AvgIpc) is 3.10. The van der Waals surface area contributed by atoms with Crippen molar-refractivity contribution in [2.45, 2.75) is 75.7 Å². The molecule has 5 heterocycles. The summed E-state index contributed by atoms with van der Waals surface area (Å²) < 4.78 is 27.0. The number of aromatic nitrogens is 2. The van der Waals surface area contributed by atoms with Gasteiger partial charge >= 0.3 is 6.01 Å². The van der Waals surface area contributed by atoms with E-state index in [4.69, 9.17) is 31.0 Å². The number of hydrogen-bond acceptors (Lipinski definition) is 8. The molecule has 4 aliphatic heterocycles. The predicted octanol–water partition coefficient (Wildman–Crippen LogP) is 6.30. The van der Waals surface area contributed by atoms with Gasteiger partial charge in [0.15, 0.2) is 5.83 Å². The summed E-state index contributed by atoms with van der Waals surface area (Å²) >= 11 is 6.71. The van der Waals surface area contributed by atoms with Crippen LogP contribution >= 0.6 is 11.6 Å². The summed E-state index contributed by atoms with van der Waals surface area (Å²) in [7, 11) is 0. The Bertz CT molecular complexity index is 1710. The Morgan fingerprint density at radius 1 is 1.11 bits per heavy atom. The number of carbonyl (C=O) groups excluding carboxylic acids is 1. The Labute approximate surface area is 279 Å². The summed E-state index contributed by atoms with van der Waals surface area (Å²) in [5, 5.41) is 12.3. The van der Waals surface area contributed by atoms with Crippen LogP contribution < -0.4 is 9.64 Å². The SMILES string of the molecule is C=C(F)C(=O)N1CCN(c2nc(OCC34CCCCN3CCCC4)nc3c2COC(c2cccc4cccc(Cl)c24)C3)C[C@@H]1CC#N. The second kappa shape index (κ2) is 13.4. The summed E-state index contributed by atoms with van der Waals surface area (Å²) in [6.45, 7) is 7.15. The van der Waals surface area contributed by atoms with Crippen LogP contribution in [0.5, 0.6) is 6.01 Å². The first-order valence-corrected chi connectivity index (χ1v) is 17.1. The topological polar surface area (TPSA) is 94.8 Å². The molecule has 0 radical (unpaired) electrons. The lowest BCUT2D eigenvalue weighted by Crippen LogP contribution is -2.57. The number of nitrogens with zero attached hydrogens (tertiary/aromatic N) is 6. The van der Waals surface area contributed by atoms with Crippen molar-refractivity contribution in [3.05, 3.63) is 70.6 Å². The summed E-state index contributed by atoms with van der Waals surface area (Å²) in [4.78, 5) is 28.7. The molecule has 4 aliphatic rings. The van der Waals surface area contributed by atoms with E-state index in [0.717, 1.165) is 53.5 Å². The van der Waals surface area contributed by atoms with E-state index in [-0.39, 0.29) is 31.2 Å². The van der Waals surface area contributed by atoms with Gasteiger partial charge < -0.3 is 19.3 Å². The third kappa shape index (κ3) is 6.17. The van der Waals surface area contributed by atoms with E-state index < -0.39 is 17.8 Å². The third-order valence-electron chi connectivity index (χ3n) is 10.5. The van der Waals surface area contributed by atoms with Gasteiger partial charge in [0.2, 0.25) is 0 Å². The smallest absolute Gasteiger partial charge is 0.318 e. The number of benzene rings is 2. The normalized spacial score (nSPS) is 22.7. The largest absolute Gasteiger partial charge is 0.461 e. The van der Waals surface area contributed by atoms with Gasteiger partial charge in [0.05, 0.1) is 42.5 Å². The quantitative estimate of drug-likeness (QED) is 0.273. The van der Waals surface area contributed by atoms with Crippen LogP contribution in [0.4, 0.5) is 10.2 Å². The standard InChI is InChI=1S/C36H40ClFN6O3/c1-24(38)34(45)44-19-18-42(21-26(44)12-15-39)33-28-22-46-31(27-10-6-8-25-9-7-11-29(37)32(25)27)20-30(28)40-35(41-33)47-23-36-13-2-4-16-43(36)17-5-3-14-36/h6-11,26,31H,1-5,12-14,16-23H2/t26-,31?/m0/s1. The number of halogens is 2. The lowest BCUT2D eigenvalue weighted by atomic mass is 9.80. The Morgan fingerprint density at radius 3 is 2.62 bits per heavy atom. The molecule has 0 saturated carbocycles. The molecular formula is C36H40ClFN6O3. The molecule has 0 N–H and O–H groups in total. The van der Waals surface area contributed by atoms with Crippen LogP contribution in [0.25, 0.3) is 10.8 Å². The van der Waals surface area contributed by atoms with E-state index >= 15 is 0 Å². The summed E-state index contributed by atoms with van der Waals surface area (Å²) in [5.41, 5.74) is 2.72. The molecule has 9 nitrogen and oxygen atoms in total. The second-order valence-electron chi connectivity index (χ2n) is 13.2. The molecule has 7 rings (SSSR count). The number of nitriles is 1. The van der Waals surface area contributed by atoms with Crippen molar-refractivity contribution in [3.63, 3.8) is 0 Å². The van der Waals surface area contributed by atoms with E-state index in [1.165, 1.54) is 30.6 Å². The molecule has 11 heteroatoms. The zero-order valence-corrected chi connectivity index (χ0v) is 27.4. The van der Waals surface area contributed by atoms with Gasteiger partial charge in [0, 0.05) is 42.0 Å². The molecule has 3 aromatic rings. The van der Waals surface area contributed by atoms with Gasteiger partial charge in [-0.25, -0.2) is 4.39 Å². The van der Waals surface area contributed by atoms with Crippen LogP contribution in [0, 0.1) is 11.3 Å². The molecule has 1 aromatic heterocycles. The van der Waals surface area contributed by atoms with Gasteiger partial charge in [-0.05, 0) is 55.8 Å². The number of anilines is 1. The number of carbonyl (C=O) groups is 1. The Hall–Kier alpha value is -3.78. The minimum Gasteiger partial charge on any atom is -0.461 e. The molecule has 0 spiro atoms. The van der Waals surface area contributed by atoms with Gasteiger partial charge in [0.1, 0.15) is 12.4 Å². The Balaban J connectivity index is 1.23. The molecule has 3 fully saturated rings. The van der Waals surface area contributed by atoms with Gasteiger partial charge in [0.25, 0.3) is 5.91 Å². The first-order valence-electron chi connectivity index (χ1n) is 16.7.